The molecule has 1 rings (SSSR count). The zero-order valence-corrected chi connectivity index (χ0v) is 7.15. The van der Waals surface area contributed by atoms with Crippen LogP contribution in [0.4, 0.5) is 0 Å². The topological polar surface area (TPSA) is 47.6 Å². The molecule has 0 bridgehead atoms. The molecule has 0 radical (unpaired) electrons. The molecule has 0 aromatic rings. The third kappa shape index (κ3) is 1.42. The zero-order chi connectivity index (χ0) is 8.48. The molecule has 0 aromatic heterocycles. The van der Waals surface area contributed by atoms with Crippen molar-refractivity contribution in [3.8, 4) is 6.07 Å². The Bertz CT molecular complexity index is 210. The first-order chi connectivity index (χ1) is 5.08. The molecule has 2 heteroatoms. The molecule has 1 atom stereocenters. The highest BCUT2D eigenvalue weighted by Gasteiger charge is 2.33. The second-order valence-corrected chi connectivity index (χ2v) is 3.87. The van der Waals surface area contributed by atoms with Gasteiger partial charge in [-0.1, -0.05) is 20.3 Å². The largest absolute Gasteiger partial charge is 0.308 e. The Kier molecular flexibility index (Phi) is 1.99. The molecule has 2 nitrogen and oxygen atoms in total. The van der Waals surface area contributed by atoms with Crippen LogP contribution >= 0.6 is 0 Å². The summed E-state index contributed by atoms with van der Waals surface area (Å²) in [4.78, 5) is 0. The molecule has 1 N–H and O–H groups in total. The van der Waals surface area contributed by atoms with E-state index in [0.29, 0.717) is 5.71 Å². The summed E-state index contributed by atoms with van der Waals surface area (Å²) in [6.45, 7) is 4.11. The maximum absolute atomic E-state index is 8.70. The molecule has 1 saturated carbocycles. The lowest BCUT2D eigenvalue weighted by molar-refractivity contribution is 0.384. The van der Waals surface area contributed by atoms with Crippen molar-refractivity contribution in [3.05, 3.63) is 0 Å². The van der Waals surface area contributed by atoms with Gasteiger partial charge in [0.1, 0.15) is 0 Å². The average Bonchev–Trinajstić information content (AvgIpc) is 1.95. The van der Waals surface area contributed by atoms with Crippen molar-refractivity contribution in [2.24, 2.45) is 11.3 Å². The van der Waals surface area contributed by atoms with Crippen LogP contribution in [0.2, 0.25) is 0 Å². The molecule has 1 aliphatic rings. The van der Waals surface area contributed by atoms with E-state index in [9.17, 15) is 0 Å². The molecular formula is C9H14N2. The average molecular weight is 150 g/mol. The Labute approximate surface area is 67.7 Å². The fraction of sp³-hybridized carbons (Fsp3) is 0.778. The maximum atomic E-state index is 8.70. The van der Waals surface area contributed by atoms with Crippen molar-refractivity contribution < 1.29 is 0 Å². The predicted molar refractivity (Wildman–Crippen MR) is 44.5 cm³/mol. The second-order valence-electron chi connectivity index (χ2n) is 3.87. The lowest BCUT2D eigenvalue weighted by Crippen LogP contribution is -2.33. The highest BCUT2D eigenvalue weighted by Crippen LogP contribution is 2.35. The highest BCUT2D eigenvalue weighted by molar-refractivity contribution is 5.91. The molecule has 0 aromatic carbocycles. The summed E-state index contributed by atoms with van der Waals surface area (Å²) >= 11 is 0. The van der Waals surface area contributed by atoms with Crippen molar-refractivity contribution in [2.75, 3.05) is 0 Å². The standard InChI is InChI=1S/C9H14N2/c1-9(2)5-3-4-7(6-10)8(9)11/h7,11H,3-5H2,1-2H3. The molecule has 0 amide bonds. The van der Waals surface area contributed by atoms with Crippen LogP contribution in [0.15, 0.2) is 0 Å². The zero-order valence-electron chi connectivity index (χ0n) is 7.15. The van der Waals surface area contributed by atoms with Crippen LogP contribution in [-0.4, -0.2) is 5.71 Å². The SMILES string of the molecule is CC1(C)CCCC(C#N)C1=N. The summed E-state index contributed by atoms with van der Waals surface area (Å²) in [5.74, 6) is -0.112. The summed E-state index contributed by atoms with van der Waals surface area (Å²) < 4.78 is 0. The molecule has 0 heterocycles. The second kappa shape index (κ2) is 2.65. The van der Waals surface area contributed by atoms with Crippen LogP contribution in [0.5, 0.6) is 0 Å². The molecule has 0 spiro atoms. The lowest BCUT2D eigenvalue weighted by atomic mass is 9.71. The fourth-order valence-corrected chi connectivity index (χ4v) is 1.63. The van der Waals surface area contributed by atoms with Gasteiger partial charge in [0.05, 0.1) is 12.0 Å². The number of nitriles is 1. The van der Waals surface area contributed by atoms with E-state index in [0.717, 1.165) is 19.3 Å². The van der Waals surface area contributed by atoms with Crippen molar-refractivity contribution >= 4 is 5.71 Å². The first kappa shape index (κ1) is 8.26. The molecule has 0 saturated heterocycles. The summed E-state index contributed by atoms with van der Waals surface area (Å²) in [7, 11) is 0. The van der Waals surface area contributed by atoms with Gasteiger partial charge in [-0.2, -0.15) is 5.26 Å². The normalized spacial score (nSPS) is 29.5. The minimum atomic E-state index is -0.112. The Balaban J connectivity index is 2.78. The quantitative estimate of drug-likeness (QED) is 0.566. The van der Waals surface area contributed by atoms with Crippen LogP contribution in [0.1, 0.15) is 33.1 Å². The Morgan fingerprint density at radius 1 is 1.64 bits per heavy atom. The van der Waals surface area contributed by atoms with Crippen molar-refractivity contribution in [1.29, 1.82) is 10.7 Å². The van der Waals surface area contributed by atoms with Gasteiger partial charge in [-0.3, -0.25) is 0 Å². The summed E-state index contributed by atoms with van der Waals surface area (Å²) in [5.41, 5.74) is 0.602. The van der Waals surface area contributed by atoms with E-state index in [4.69, 9.17) is 10.7 Å². The van der Waals surface area contributed by atoms with Crippen LogP contribution in [0.3, 0.4) is 0 Å². The van der Waals surface area contributed by atoms with Gasteiger partial charge in [0, 0.05) is 11.1 Å². The van der Waals surface area contributed by atoms with E-state index in [1.54, 1.807) is 0 Å². The highest BCUT2D eigenvalue weighted by atomic mass is 14.5. The van der Waals surface area contributed by atoms with Gasteiger partial charge in [-0.15, -0.1) is 0 Å². The molecule has 60 valence electrons. The van der Waals surface area contributed by atoms with Crippen molar-refractivity contribution in [2.45, 2.75) is 33.1 Å². The van der Waals surface area contributed by atoms with E-state index >= 15 is 0 Å². The van der Waals surface area contributed by atoms with Crippen molar-refractivity contribution in [1.82, 2.24) is 0 Å². The monoisotopic (exact) mass is 150 g/mol. The number of nitrogens with one attached hydrogen (secondary N) is 1. The minimum absolute atomic E-state index is 0.0291. The summed E-state index contributed by atoms with van der Waals surface area (Å²) in [5, 5.41) is 16.4. The molecule has 1 aliphatic carbocycles. The summed E-state index contributed by atoms with van der Waals surface area (Å²) in [6, 6.07) is 2.18. The lowest BCUT2D eigenvalue weighted by Gasteiger charge is -2.33. The van der Waals surface area contributed by atoms with Crippen LogP contribution in [-0.2, 0) is 0 Å². The van der Waals surface area contributed by atoms with Crippen LogP contribution in [0.25, 0.3) is 0 Å². The Morgan fingerprint density at radius 2 is 2.27 bits per heavy atom. The van der Waals surface area contributed by atoms with Gasteiger partial charge in [0.25, 0.3) is 0 Å². The smallest absolute Gasteiger partial charge is 0.0844 e. The first-order valence-corrected chi connectivity index (χ1v) is 4.06. The molecule has 1 fully saturated rings. The molecular weight excluding hydrogens is 136 g/mol. The molecule has 0 aliphatic heterocycles. The van der Waals surface area contributed by atoms with Gasteiger partial charge >= 0.3 is 0 Å². The van der Waals surface area contributed by atoms with Gasteiger partial charge in [0.15, 0.2) is 0 Å². The van der Waals surface area contributed by atoms with E-state index in [1.807, 2.05) is 0 Å². The van der Waals surface area contributed by atoms with Crippen LogP contribution < -0.4 is 0 Å². The fourth-order valence-electron chi connectivity index (χ4n) is 1.63. The Hall–Kier alpha value is -0.840. The molecule has 11 heavy (non-hydrogen) atoms. The number of hydrogen-bond donors (Lipinski definition) is 1. The van der Waals surface area contributed by atoms with Gasteiger partial charge in [0.2, 0.25) is 0 Å². The summed E-state index contributed by atoms with van der Waals surface area (Å²) in [6.07, 6.45) is 3.04. The van der Waals surface area contributed by atoms with Gasteiger partial charge in [-0.25, -0.2) is 0 Å². The van der Waals surface area contributed by atoms with Gasteiger partial charge < -0.3 is 5.41 Å². The minimum Gasteiger partial charge on any atom is -0.308 e. The Morgan fingerprint density at radius 3 is 2.73 bits per heavy atom. The third-order valence-electron chi connectivity index (χ3n) is 2.53. The van der Waals surface area contributed by atoms with E-state index in [2.05, 4.69) is 19.9 Å². The van der Waals surface area contributed by atoms with E-state index in [1.165, 1.54) is 0 Å². The van der Waals surface area contributed by atoms with E-state index < -0.39 is 0 Å². The van der Waals surface area contributed by atoms with Crippen LogP contribution in [0, 0.1) is 28.1 Å². The van der Waals surface area contributed by atoms with Crippen molar-refractivity contribution in [3.63, 3.8) is 0 Å². The molecule has 1 unspecified atom stereocenters. The number of hydrogen-bond acceptors (Lipinski definition) is 2. The number of nitrogens with zero attached hydrogens (tertiary/aromatic N) is 1. The first-order valence-electron chi connectivity index (χ1n) is 4.06. The van der Waals surface area contributed by atoms with E-state index in [-0.39, 0.29) is 11.3 Å². The number of rotatable bonds is 0. The van der Waals surface area contributed by atoms with Gasteiger partial charge in [-0.05, 0) is 12.8 Å². The third-order valence-corrected chi connectivity index (χ3v) is 2.53. The maximum Gasteiger partial charge on any atom is 0.0844 e. The predicted octanol–water partition coefficient (Wildman–Crippen LogP) is 2.36.